The molecule has 30 heavy (non-hydrogen) atoms. The van der Waals surface area contributed by atoms with E-state index in [9.17, 15) is 18.4 Å². The monoisotopic (exact) mass is 417 g/mol. The number of likely N-dealkylation sites (tertiary alicyclic amines) is 1. The number of halogens is 2. The van der Waals surface area contributed by atoms with Crippen LogP contribution in [0.2, 0.25) is 0 Å². The van der Waals surface area contributed by atoms with Crippen LogP contribution in [0.1, 0.15) is 37.0 Å². The molecule has 1 fully saturated rings. The minimum absolute atomic E-state index is 0.0192. The van der Waals surface area contributed by atoms with Crippen molar-refractivity contribution in [1.82, 2.24) is 10.2 Å². The molecule has 3 rings (SSSR count). The summed E-state index contributed by atoms with van der Waals surface area (Å²) >= 11 is 0. The van der Waals surface area contributed by atoms with Crippen LogP contribution in [0, 0.1) is 11.6 Å². The van der Waals surface area contributed by atoms with Gasteiger partial charge in [-0.2, -0.15) is 0 Å². The SMILES string of the molecule is CC(C)NC(=O)Nc1ccc(C(=O)N2CCC(Oc3ccc(F)cc3F)CC2)cc1. The molecule has 3 amide bonds. The summed E-state index contributed by atoms with van der Waals surface area (Å²) in [5.74, 6) is -1.48. The summed E-state index contributed by atoms with van der Waals surface area (Å²) in [5, 5.41) is 5.44. The summed E-state index contributed by atoms with van der Waals surface area (Å²) in [6.45, 7) is 4.68. The van der Waals surface area contributed by atoms with Crippen LogP contribution in [0.5, 0.6) is 5.75 Å². The van der Waals surface area contributed by atoms with E-state index in [0.29, 0.717) is 37.2 Å². The number of hydrogen-bond acceptors (Lipinski definition) is 3. The fourth-order valence-corrected chi connectivity index (χ4v) is 3.24. The number of urea groups is 1. The second-order valence-corrected chi connectivity index (χ2v) is 7.51. The van der Waals surface area contributed by atoms with Gasteiger partial charge in [0.25, 0.3) is 5.91 Å². The normalized spacial score (nSPS) is 14.5. The van der Waals surface area contributed by atoms with E-state index in [4.69, 9.17) is 4.74 Å². The van der Waals surface area contributed by atoms with Crippen LogP contribution in [0.3, 0.4) is 0 Å². The Hall–Kier alpha value is -3.16. The molecular weight excluding hydrogens is 392 g/mol. The number of amides is 3. The van der Waals surface area contributed by atoms with Crippen molar-refractivity contribution in [2.45, 2.75) is 38.8 Å². The second kappa shape index (κ2) is 9.56. The van der Waals surface area contributed by atoms with Crippen LogP contribution < -0.4 is 15.4 Å². The number of ether oxygens (including phenoxy) is 1. The molecule has 0 saturated carbocycles. The van der Waals surface area contributed by atoms with Crippen LogP contribution in [0.15, 0.2) is 42.5 Å². The summed E-state index contributed by atoms with van der Waals surface area (Å²) < 4.78 is 32.4. The number of hydrogen-bond donors (Lipinski definition) is 2. The van der Waals surface area contributed by atoms with Gasteiger partial charge in [-0.1, -0.05) is 0 Å². The Morgan fingerprint density at radius 3 is 2.33 bits per heavy atom. The first-order valence-electron chi connectivity index (χ1n) is 9.90. The number of benzene rings is 2. The van der Waals surface area contributed by atoms with Crippen LogP contribution >= 0.6 is 0 Å². The summed E-state index contributed by atoms with van der Waals surface area (Å²) in [7, 11) is 0. The third-order valence-corrected chi connectivity index (χ3v) is 4.73. The largest absolute Gasteiger partial charge is 0.487 e. The van der Waals surface area contributed by atoms with Crippen molar-refractivity contribution in [1.29, 1.82) is 0 Å². The molecule has 160 valence electrons. The van der Waals surface area contributed by atoms with Gasteiger partial charge in [0.1, 0.15) is 11.9 Å². The first-order chi connectivity index (χ1) is 14.3. The van der Waals surface area contributed by atoms with E-state index in [1.807, 2.05) is 13.8 Å². The Balaban J connectivity index is 1.51. The van der Waals surface area contributed by atoms with Gasteiger partial charge in [0.15, 0.2) is 11.6 Å². The number of carbonyl (C=O) groups excluding carboxylic acids is 2. The molecule has 6 nitrogen and oxygen atoms in total. The quantitative estimate of drug-likeness (QED) is 0.767. The standard InChI is InChI=1S/C22H25F2N3O3/c1-14(2)25-22(29)26-17-6-3-15(4-7-17)21(28)27-11-9-18(10-12-27)30-20-8-5-16(23)13-19(20)24/h3-8,13-14,18H,9-12H2,1-2H3,(H2,25,26,29). The molecule has 0 atom stereocenters. The van der Waals surface area contributed by atoms with Crippen molar-refractivity contribution in [3.8, 4) is 5.75 Å². The van der Waals surface area contributed by atoms with Gasteiger partial charge in [-0.3, -0.25) is 4.79 Å². The van der Waals surface area contributed by atoms with E-state index in [-0.39, 0.29) is 29.8 Å². The van der Waals surface area contributed by atoms with Crippen molar-refractivity contribution >= 4 is 17.6 Å². The molecule has 2 N–H and O–H groups in total. The zero-order valence-electron chi connectivity index (χ0n) is 17.0. The lowest BCUT2D eigenvalue weighted by Crippen LogP contribution is -2.41. The van der Waals surface area contributed by atoms with Crippen molar-refractivity contribution in [3.63, 3.8) is 0 Å². The highest BCUT2D eigenvalue weighted by molar-refractivity contribution is 5.95. The predicted octanol–water partition coefficient (Wildman–Crippen LogP) is 4.18. The second-order valence-electron chi connectivity index (χ2n) is 7.51. The fourth-order valence-electron chi connectivity index (χ4n) is 3.24. The summed E-state index contributed by atoms with van der Waals surface area (Å²) in [4.78, 5) is 26.2. The topological polar surface area (TPSA) is 70.7 Å². The van der Waals surface area contributed by atoms with E-state index >= 15 is 0 Å². The number of piperidine rings is 1. The molecule has 1 heterocycles. The minimum Gasteiger partial charge on any atom is -0.487 e. The average Bonchev–Trinajstić information content (AvgIpc) is 2.70. The van der Waals surface area contributed by atoms with Gasteiger partial charge in [0.2, 0.25) is 0 Å². The molecule has 1 saturated heterocycles. The molecule has 0 spiro atoms. The fraction of sp³-hybridized carbons (Fsp3) is 0.364. The first kappa shape index (κ1) is 21.5. The molecule has 2 aromatic rings. The van der Waals surface area contributed by atoms with Crippen LogP contribution in [0.25, 0.3) is 0 Å². The van der Waals surface area contributed by atoms with Crippen LogP contribution in [-0.4, -0.2) is 42.1 Å². The third kappa shape index (κ3) is 5.68. The maximum absolute atomic E-state index is 13.7. The maximum atomic E-state index is 13.7. The molecule has 0 unspecified atom stereocenters. The highest BCUT2D eigenvalue weighted by Crippen LogP contribution is 2.23. The highest BCUT2D eigenvalue weighted by Gasteiger charge is 2.25. The molecule has 8 heteroatoms. The van der Waals surface area contributed by atoms with Crippen molar-refractivity contribution in [2.75, 3.05) is 18.4 Å². The molecular formula is C22H25F2N3O3. The van der Waals surface area contributed by atoms with E-state index in [2.05, 4.69) is 10.6 Å². The van der Waals surface area contributed by atoms with Crippen molar-refractivity contribution < 1.29 is 23.1 Å². The van der Waals surface area contributed by atoms with E-state index in [0.717, 1.165) is 12.1 Å². The minimum atomic E-state index is -0.732. The van der Waals surface area contributed by atoms with Gasteiger partial charge in [0.05, 0.1) is 0 Å². The zero-order chi connectivity index (χ0) is 21.7. The van der Waals surface area contributed by atoms with Gasteiger partial charge >= 0.3 is 6.03 Å². The number of nitrogens with zero attached hydrogens (tertiary/aromatic N) is 1. The Morgan fingerprint density at radius 2 is 1.73 bits per heavy atom. The lowest BCUT2D eigenvalue weighted by molar-refractivity contribution is 0.0588. The number of nitrogens with one attached hydrogen (secondary N) is 2. The lowest BCUT2D eigenvalue weighted by Gasteiger charge is -2.32. The third-order valence-electron chi connectivity index (χ3n) is 4.73. The van der Waals surface area contributed by atoms with Gasteiger partial charge in [-0.05, 0) is 50.2 Å². The number of carbonyl (C=O) groups is 2. The van der Waals surface area contributed by atoms with Gasteiger partial charge in [-0.25, -0.2) is 13.6 Å². The van der Waals surface area contributed by atoms with E-state index in [1.54, 1.807) is 29.2 Å². The molecule has 0 radical (unpaired) electrons. The Morgan fingerprint density at radius 1 is 1.07 bits per heavy atom. The Labute approximate surface area is 174 Å². The lowest BCUT2D eigenvalue weighted by atomic mass is 10.1. The summed E-state index contributed by atoms with van der Waals surface area (Å²) in [6, 6.07) is 9.65. The predicted molar refractivity (Wildman–Crippen MR) is 110 cm³/mol. The smallest absolute Gasteiger partial charge is 0.319 e. The summed E-state index contributed by atoms with van der Waals surface area (Å²) in [5.41, 5.74) is 1.12. The van der Waals surface area contributed by atoms with Crippen LogP contribution in [0.4, 0.5) is 19.3 Å². The molecule has 1 aliphatic rings. The van der Waals surface area contributed by atoms with Crippen LogP contribution in [-0.2, 0) is 0 Å². The van der Waals surface area contributed by atoms with Gasteiger partial charge in [-0.15, -0.1) is 0 Å². The summed E-state index contributed by atoms with van der Waals surface area (Å²) in [6.07, 6.45) is 0.870. The first-order valence-corrected chi connectivity index (χ1v) is 9.90. The maximum Gasteiger partial charge on any atom is 0.319 e. The Bertz CT molecular complexity index is 895. The van der Waals surface area contributed by atoms with Gasteiger partial charge in [0, 0.05) is 49.3 Å². The van der Waals surface area contributed by atoms with Crippen molar-refractivity contribution in [3.05, 3.63) is 59.7 Å². The van der Waals surface area contributed by atoms with E-state index in [1.165, 1.54) is 6.07 Å². The molecule has 2 aromatic carbocycles. The molecule has 0 aliphatic carbocycles. The number of anilines is 1. The van der Waals surface area contributed by atoms with E-state index < -0.39 is 11.6 Å². The molecule has 0 aromatic heterocycles. The molecule has 1 aliphatic heterocycles. The Kier molecular flexibility index (Phi) is 6.87. The van der Waals surface area contributed by atoms with Crippen molar-refractivity contribution in [2.24, 2.45) is 0 Å². The highest BCUT2D eigenvalue weighted by atomic mass is 19.1. The average molecular weight is 417 g/mol. The number of rotatable bonds is 5. The van der Waals surface area contributed by atoms with Gasteiger partial charge < -0.3 is 20.3 Å². The molecule has 0 bridgehead atoms. The zero-order valence-corrected chi connectivity index (χ0v) is 17.0.